The van der Waals surface area contributed by atoms with E-state index in [0.29, 0.717) is 0 Å². The van der Waals surface area contributed by atoms with Crippen LogP contribution in [0.4, 0.5) is 5.69 Å². The predicted molar refractivity (Wildman–Crippen MR) is 78.2 cm³/mol. The molecule has 0 aromatic heterocycles. The molecule has 2 aromatic carbocycles. The van der Waals surface area contributed by atoms with Crippen molar-refractivity contribution in [1.29, 1.82) is 0 Å². The normalized spacial score (nSPS) is 19.1. The van der Waals surface area contributed by atoms with E-state index in [2.05, 4.69) is 66.5 Å². The molecule has 2 nitrogen and oxygen atoms in total. The summed E-state index contributed by atoms with van der Waals surface area (Å²) in [5.41, 5.74) is 1.53. The smallest absolute Gasteiger partial charge is 0.0373 e. The number of piperazine rings is 1. The third kappa shape index (κ3) is 2.21. The molecule has 2 heteroatoms. The van der Waals surface area contributed by atoms with Gasteiger partial charge in [0.25, 0.3) is 0 Å². The summed E-state index contributed by atoms with van der Waals surface area (Å²) in [5.74, 6) is 0. The molecule has 3 rings (SSSR count). The van der Waals surface area contributed by atoms with Crippen molar-refractivity contribution in [2.45, 2.75) is 19.4 Å². The van der Waals surface area contributed by atoms with Gasteiger partial charge in [0.05, 0.1) is 0 Å². The molecule has 1 heterocycles. The second-order valence-electron chi connectivity index (χ2n) is 5.76. The summed E-state index contributed by atoms with van der Waals surface area (Å²) in [6.07, 6.45) is 0. The van der Waals surface area contributed by atoms with Crippen molar-refractivity contribution in [3.63, 3.8) is 0 Å². The van der Waals surface area contributed by atoms with E-state index in [1.165, 1.54) is 16.5 Å². The maximum atomic E-state index is 3.55. The number of nitrogens with zero attached hydrogens (tertiary/aromatic N) is 1. The highest BCUT2D eigenvalue weighted by Crippen LogP contribution is 2.24. The molecule has 18 heavy (non-hydrogen) atoms. The monoisotopic (exact) mass is 240 g/mol. The Morgan fingerprint density at radius 3 is 2.61 bits per heavy atom. The summed E-state index contributed by atoms with van der Waals surface area (Å²) in [7, 11) is 0. The minimum Gasteiger partial charge on any atom is -0.368 e. The fourth-order valence-electron chi connectivity index (χ4n) is 2.74. The van der Waals surface area contributed by atoms with E-state index in [1.54, 1.807) is 0 Å². The molecule has 0 spiro atoms. The first-order chi connectivity index (χ1) is 8.64. The molecule has 2 aromatic rings. The third-order valence-electron chi connectivity index (χ3n) is 3.67. The topological polar surface area (TPSA) is 15.3 Å². The van der Waals surface area contributed by atoms with Crippen LogP contribution in [0.15, 0.2) is 42.5 Å². The fraction of sp³-hybridized carbons (Fsp3) is 0.375. The Morgan fingerprint density at radius 2 is 1.83 bits per heavy atom. The summed E-state index contributed by atoms with van der Waals surface area (Å²) in [4.78, 5) is 2.48. The highest BCUT2D eigenvalue weighted by molar-refractivity contribution is 5.85. The number of hydrogen-bond donors (Lipinski definition) is 1. The molecule has 0 bridgehead atoms. The lowest BCUT2D eigenvalue weighted by Crippen LogP contribution is -2.57. The van der Waals surface area contributed by atoms with E-state index >= 15 is 0 Å². The first kappa shape index (κ1) is 11.5. The van der Waals surface area contributed by atoms with Gasteiger partial charge in [-0.05, 0) is 36.8 Å². The second kappa shape index (κ2) is 4.29. The van der Waals surface area contributed by atoms with Crippen LogP contribution >= 0.6 is 0 Å². The molecule has 0 amide bonds. The molecule has 1 aliphatic heterocycles. The Morgan fingerprint density at radius 1 is 1.06 bits per heavy atom. The van der Waals surface area contributed by atoms with Crippen molar-refractivity contribution < 1.29 is 0 Å². The molecular formula is C16H20N2. The fourth-order valence-corrected chi connectivity index (χ4v) is 2.74. The van der Waals surface area contributed by atoms with Gasteiger partial charge in [-0.25, -0.2) is 0 Å². The number of rotatable bonds is 1. The molecule has 0 radical (unpaired) electrons. The van der Waals surface area contributed by atoms with Crippen LogP contribution in [-0.4, -0.2) is 25.2 Å². The lowest BCUT2D eigenvalue weighted by molar-refractivity contribution is 0.353. The summed E-state index contributed by atoms with van der Waals surface area (Å²) in [6.45, 7) is 7.73. The summed E-state index contributed by atoms with van der Waals surface area (Å²) in [5, 5.41) is 6.19. The van der Waals surface area contributed by atoms with Crippen molar-refractivity contribution >= 4 is 16.5 Å². The van der Waals surface area contributed by atoms with Crippen molar-refractivity contribution in [2.75, 3.05) is 24.5 Å². The van der Waals surface area contributed by atoms with E-state index in [9.17, 15) is 0 Å². The van der Waals surface area contributed by atoms with E-state index in [1.807, 2.05) is 0 Å². The molecule has 1 N–H and O–H groups in total. The van der Waals surface area contributed by atoms with Crippen molar-refractivity contribution in [1.82, 2.24) is 5.32 Å². The van der Waals surface area contributed by atoms with Crippen molar-refractivity contribution in [2.24, 2.45) is 0 Å². The van der Waals surface area contributed by atoms with Crippen LogP contribution in [0, 0.1) is 0 Å². The molecule has 0 unspecified atom stereocenters. The number of anilines is 1. The zero-order valence-corrected chi connectivity index (χ0v) is 11.1. The predicted octanol–water partition coefficient (Wildman–Crippen LogP) is 3.03. The van der Waals surface area contributed by atoms with E-state index < -0.39 is 0 Å². The summed E-state index contributed by atoms with van der Waals surface area (Å²) in [6, 6.07) is 15.3. The molecule has 1 saturated heterocycles. The highest BCUT2D eigenvalue weighted by atomic mass is 15.2. The van der Waals surface area contributed by atoms with Crippen LogP contribution < -0.4 is 10.2 Å². The largest absolute Gasteiger partial charge is 0.368 e. The van der Waals surface area contributed by atoms with Crippen molar-refractivity contribution in [3.8, 4) is 0 Å². The standard InChI is InChI=1S/C16H20N2/c1-16(2)12-18(10-9-17-16)15-8-7-13-5-3-4-6-14(13)11-15/h3-8,11,17H,9-10,12H2,1-2H3. The average molecular weight is 240 g/mol. The van der Waals surface area contributed by atoms with Gasteiger partial charge in [0, 0.05) is 30.9 Å². The van der Waals surface area contributed by atoms with Gasteiger partial charge >= 0.3 is 0 Å². The Balaban J connectivity index is 1.94. The molecule has 0 atom stereocenters. The van der Waals surface area contributed by atoms with Gasteiger partial charge in [0.15, 0.2) is 0 Å². The van der Waals surface area contributed by atoms with Crippen LogP contribution in [0.1, 0.15) is 13.8 Å². The molecule has 94 valence electrons. The van der Waals surface area contributed by atoms with Gasteiger partial charge in [0.1, 0.15) is 0 Å². The molecular weight excluding hydrogens is 220 g/mol. The summed E-state index contributed by atoms with van der Waals surface area (Å²) >= 11 is 0. The van der Waals surface area contributed by atoms with Gasteiger partial charge < -0.3 is 10.2 Å². The maximum Gasteiger partial charge on any atom is 0.0373 e. The number of fused-ring (bicyclic) bond motifs is 1. The first-order valence-electron chi connectivity index (χ1n) is 6.63. The number of benzene rings is 2. The summed E-state index contributed by atoms with van der Waals surface area (Å²) < 4.78 is 0. The van der Waals surface area contributed by atoms with Gasteiger partial charge in [-0.15, -0.1) is 0 Å². The lowest BCUT2D eigenvalue weighted by Gasteiger charge is -2.40. The molecule has 1 fully saturated rings. The van der Waals surface area contributed by atoms with Gasteiger partial charge in [0.2, 0.25) is 0 Å². The molecule has 1 aliphatic rings. The zero-order chi connectivity index (χ0) is 12.6. The van der Waals surface area contributed by atoms with E-state index in [4.69, 9.17) is 0 Å². The van der Waals surface area contributed by atoms with Gasteiger partial charge in [-0.3, -0.25) is 0 Å². The Hall–Kier alpha value is -1.54. The van der Waals surface area contributed by atoms with Crippen LogP contribution in [0.3, 0.4) is 0 Å². The van der Waals surface area contributed by atoms with Crippen LogP contribution in [-0.2, 0) is 0 Å². The second-order valence-corrected chi connectivity index (χ2v) is 5.76. The van der Waals surface area contributed by atoms with Crippen molar-refractivity contribution in [3.05, 3.63) is 42.5 Å². The van der Waals surface area contributed by atoms with Crippen LogP contribution in [0.5, 0.6) is 0 Å². The average Bonchev–Trinajstić information content (AvgIpc) is 2.37. The van der Waals surface area contributed by atoms with E-state index in [0.717, 1.165) is 19.6 Å². The zero-order valence-electron chi connectivity index (χ0n) is 11.1. The minimum absolute atomic E-state index is 0.198. The number of nitrogens with one attached hydrogen (secondary N) is 1. The lowest BCUT2D eigenvalue weighted by atomic mass is 10.0. The van der Waals surface area contributed by atoms with E-state index in [-0.39, 0.29) is 5.54 Å². The Labute approximate surface area is 109 Å². The Kier molecular flexibility index (Phi) is 2.75. The van der Waals surface area contributed by atoms with Gasteiger partial charge in [-0.2, -0.15) is 0 Å². The molecule has 0 saturated carbocycles. The highest BCUT2D eigenvalue weighted by Gasteiger charge is 2.25. The Bertz CT molecular complexity index is 560. The third-order valence-corrected chi connectivity index (χ3v) is 3.67. The quantitative estimate of drug-likeness (QED) is 0.824. The first-order valence-corrected chi connectivity index (χ1v) is 6.63. The SMILES string of the molecule is CC1(C)CN(c2ccc3ccccc3c2)CCN1. The van der Waals surface area contributed by atoms with Crippen LogP contribution in [0.25, 0.3) is 10.8 Å². The minimum atomic E-state index is 0.198. The maximum absolute atomic E-state index is 3.55. The number of hydrogen-bond acceptors (Lipinski definition) is 2. The van der Waals surface area contributed by atoms with Gasteiger partial charge in [-0.1, -0.05) is 30.3 Å². The van der Waals surface area contributed by atoms with Crippen LogP contribution in [0.2, 0.25) is 0 Å². The molecule has 0 aliphatic carbocycles.